The first kappa shape index (κ1) is 22.7. The second-order valence-electron chi connectivity index (χ2n) is 8.46. The minimum Gasteiger partial charge on any atom is -0.451 e. The summed E-state index contributed by atoms with van der Waals surface area (Å²) in [5.74, 6) is -0.855. The highest BCUT2D eigenvalue weighted by Crippen LogP contribution is 2.29. The second-order valence-corrected chi connectivity index (χ2v) is 8.46. The van der Waals surface area contributed by atoms with Crippen molar-refractivity contribution in [3.63, 3.8) is 0 Å². The fourth-order valence-electron chi connectivity index (χ4n) is 4.46. The van der Waals surface area contributed by atoms with Crippen LogP contribution in [0.5, 0.6) is 0 Å². The summed E-state index contributed by atoms with van der Waals surface area (Å²) in [6.45, 7) is 2.29. The number of hydrogen-bond acceptors (Lipinski definition) is 6. The lowest BCUT2D eigenvalue weighted by molar-refractivity contribution is -0.136. The van der Waals surface area contributed by atoms with E-state index >= 15 is 0 Å². The fraction of sp³-hybridized carbons (Fsp3) is 0.214. The van der Waals surface area contributed by atoms with Gasteiger partial charge in [0.2, 0.25) is 0 Å². The zero-order valence-electron chi connectivity index (χ0n) is 19.3. The van der Waals surface area contributed by atoms with Gasteiger partial charge in [-0.15, -0.1) is 0 Å². The van der Waals surface area contributed by atoms with Crippen molar-refractivity contribution >= 4 is 22.9 Å². The molecule has 0 aliphatic carbocycles. The Bertz CT molecular complexity index is 1270. The number of carbonyl (C=O) groups is 2. The number of para-hydroxylation sites is 2. The molecule has 0 radical (unpaired) electrons. The predicted molar refractivity (Wildman–Crippen MR) is 133 cm³/mol. The van der Waals surface area contributed by atoms with E-state index < -0.39 is 5.97 Å². The maximum Gasteiger partial charge on any atom is 0.359 e. The van der Waals surface area contributed by atoms with Crippen molar-refractivity contribution in [1.29, 1.82) is 0 Å². The molecule has 7 nitrogen and oxygen atoms in total. The first-order valence-corrected chi connectivity index (χ1v) is 11.7. The number of amides is 1. The molecule has 0 bridgehead atoms. The van der Waals surface area contributed by atoms with Gasteiger partial charge in [0, 0.05) is 26.2 Å². The van der Waals surface area contributed by atoms with E-state index in [1.54, 1.807) is 11.0 Å². The molecule has 1 aliphatic heterocycles. The van der Waals surface area contributed by atoms with Crippen LogP contribution in [0.2, 0.25) is 0 Å². The van der Waals surface area contributed by atoms with Gasteiger partial charge in [-0.3, -0.25) is 14.7 Å². The van der Waals surface area contributed by atoms with Gasteiger partial charge in [-0.1, -0.05) is 72.8 Å². The summed E-state index contributed by atoms with van der Waals surface area (Å²) in [5.41, 5.74) is 3.85. The zero-order chi connectivity index (χ0) is 24.0. The first-order chi connectivity index (χ1) is 17.2. The molecule has 1 fully saturated rings. The summed E-state index contributed by atoms with van der Waals surface area (Å²) < 4.78 is 5.26. The molecule has 0 N–H and O–H groups in total. The number of esters is 1. The van der Waals surface area contributed by atoms with E-state index in [1.807, 2.05) is 30.3 Å². The molecule has 2 heterocycles. The third kappa shape index (κ3) is 5.20. The number of rotatable bonds is 6. The molecular formula is C28H26N4O3. The Morgan fingerprint density at radius 1 is 0.771 bits per heavy atom. The molecule has 0 atom stereocenters. The van der Waals surface area contributed by atoms with Gasteiger partial charge in [0.25, 0.3) is 5.91 Å². The topological polar surface area (TPSA) is 75.6 Å². The highest BCUT2D eigenvalue weighted by molar-refractivity contribution is 5.91. The molecule has 1 aliphatic rings. The Morgan fingerprint density at radius 2 is 1.34 bits per heavy atom. The van der Waals surface area contributed by atoms with Crippen LogP contribution in [0.3, 0.4) is 0 Å². The first-order valence-electron chi connectivity index (χ1n) is 11.7. The van der Waals surface area contributed by atoms with Crippen LogP contribution in [0.4, 0.5) is 0 Å². The van der Waals surface area contributed by atoms with Crippen molar-refractivity contribution in [2.75, 3.05) is 32.8 Å². The summed E-state index contributed by atoms with van der Waals surface area (Å²) in [7, 11) is 0. The van der Waals surface area contributed by atoms with Crippen LogP contribution < -0.4 is 0 Å². The van der Waals surface area contributed by atoms with Crippen LogP contribution >= 0.6 is 0 Å². The lowest BCUT2D eigenvalue weighted by atomic mass is 9.96. The predicted octanol–water partition coefficient (Wildman–Crippen LogP) is 3.72. The van der Waals surface area contributed by atoms with Crippen molar-refractivity contribution in [3.8, 4) is 0 Å². The number of ether oxygens (including phenoxy) is 1. The Kier molecular flexibility index (Phi) is 6.77. The third-order valence-corrected chi connectivity index (χ3v) is 6.25. The molecule has 1 saturated heterocycles. The summed E-state index contributed by atoms with van der Waals surface area (Å²) >= 11 is 0. The van der Waals surface area contributed by atoms with Crippen molar-refractivity contribution in [3.05, 3.63) is 108 Å². The zero-order valence-corrected chi connectivity index (χ0v) is 19.3. The van der Waals surface area contributed by atoms with Gasteiger partial charge < -0.3 is 9.64 Å². The van der Waals surface area contributed by atoms with Gasteiger partial charge in [-0.25, -0.2) is 9.78 Å². The van der Waals surface area contributed by atoms with Crippen molar-refractivity contribution in [2.45, 2.75) is 6.04 Å². The van der Waals surface area contributed by atoms with Crippen LogP contribution in [0.25, 0.3) is 11.0 Å². The van der Waals surface area contributed by atoms with E-state index in [0.29, 0.717) is 24.1 Å². The average molecular weight is 467 g/mol. The standard InChI is InChI=1S/C28H26N4O3/c33-26(20-35-28(34)25-19-29-23-13-7-8-14-24(23)30-25)31-15-17-32(18-16-31)27(21-9-3-1-4-10-21)22-11-5-2-6-12-22/h1-14,19,27H,15-18,20H2. The largest absolute Gasteiger partial charge is 0.451 e. The van der Waals surface area contributed by atoms with Gasteiger partial charge in [0.1, 0.15) is 0 Å². The molecule has 0 saturated carbocycles. The van der Waals surface area contributed by atoms with E-state index in [0.717, 1.165) is 13.1 Å². The van der Waals surface area contributed by atoms with E-state index in [4.69, 9.17) is 4.74 Å². The van der Waals surface area contributed by atoms with Crippen molar-refractivity contribution < 1.29 is 14.3 Å². The lowest BCUT2D eigenvalue weighted by Gasteiger charge is -2.39. The van der Waals surface area contributed by atoms with Crippen molar-refractivity contribution in [1.82, 2.24) is 19.8 Å². The van der Waals surface area contributed by atoms with Crippen LogP contribution in [0.1, 0.15) is 27.7 Å². The highest BCUT2D eigenvalue weighted by atomic mass is 16.5. The van der Waals surface area contributed by atoms with Gasteiger partial charge in [0.15, 0.2) is 12.3 Å². The molecule has 1 amide bonds. The number of fused-ring (bicyclic) bond motifs is 1. The van der Waals surface area contributed by atoms with Crippen LogP contribution in [0.15, 0.2) is 91.1 Å². The normalized spacial score (nSPS) is 14.3. The molecule has 5 rings (SSSR count). The molecule has 35 heavy (non-hydrogen) atoms. The van der Waals surface area contributed by atoms with E-state index in [-0.39, 0.29) is 24.2 Å². The fourth-order valence-corrected chi connectivity index (χ4v) is 4.46. The molecule has 176 valence electrons. The van der Waals surface area contributed by atoms with E-state index in [9.17, 15) is 9.59 Å². The SMILES string of the molecule is O=C(OCC(=O)N1CCN(C(c2ccccc2)c2ccccc2)CC1)c1cnc2ccccc2n1. The minimum absolute atomic E-state index is 0.0925. The van der Waals surface area contributed by atoms with E-state index in [2.05, 4.69) is 63.4 Å². The van der Waals surface area contributed by atoms with Crippen LogP contribution in [-0.2, 0) is 9.53 Å². The Morgan fingerprint density at radius 3 is 1.97 bits per heavy atom. The molecular weight excluding hydrogens is 440 g/mol. The molecule has 0 unspecified atom stereocenters. The summed E-state index contributed by atoms with van der Waals surface area (Å²) in [6.07, 6.45) is 1.38. The molecule has 0 spiro atoms. The summed E-state index contributed by atoms with van der Waals surface area (Å²) in [5, 5.41) is 0. The molecule has 1 aromatic heterocycles. The summed E-state index contributed by atoms with van der Waals surface area (Å²) in [6, 6.07) is 28.2. The number of aromatic nitrogens is 2. The lowest BCUT2D eigenvalue weighted by Crippen LogP contribution is -2.50. The average Bonchev–Trinajstić information content (AvgIpc) is 2.93. The Labute approximate surface area is 204 Å². The van der Waals surface area contributed by atoms with Crippen molar-refractivity contribution in [2.24, 2.45) is 0 Å². The number of nitrogens with zero attached hydrogens (tertiary/aromatic N) is 4. The number of hydrogen-bond donors (Lipinski definition) is 0. The summed E-state index contributed by atoms with van der Waals surface area (Å²) in [4.78, 5) is 37.8. The molecule has 4 aromatic rings. The maximum atomic E-state index is 12.8. The third-order valence-electron chi connectivity index (χ3n) is 6.25. The van der Waals surface area contributed by atoms with E-state index in [1.165, 1.54) is 17.3 Å². The van der Waals surface area contributed by atoms with Gasteiger partial charge >= 0.3 is 5.97 Å². The highest BCUT2D eigenvalue weighted by Gasteiger charge is 2.28. The van der Waals surface area contributed by atoms with Crippen LogP contribution in [0, 0.1) is 0 Å². The number of piperazine rings is 1. The smallest absolute Gasteiger partial charge is 0.359 e. The Hall–Kier alpha value is -4.10. The monoisotopic (exact) mass is 466 g/mol. The minimum atomic E-state index is -0.650. The molecule has 3 aromatic carbocycles. The second kappa shape index (κ2) is 10.4. The number of carbonyl (C=O) groups excluding carboxylic acids is 2. The number of benzene rings is 3. The Balaban J connectivity index is 1.19. The molecule has 7 heteroatoms. The quantitative estimate of drug-likeness (QED) is 0.403. The van der Waals surface area contributed by atoms with Gasteiger partial charge in [-0.2, -0.15) is 0 Å². The van der Waals surface area contributed by atoms with Gasteiger partial charge in [-0.05, 0) is 23.3 Å². The van der Waals surface area contributed by atoms with Crippen LogP contribution in [-0.4, -0.2) is 64.4 Å². The maximum absolute atomic E-state index is 12.8. The van der Waals surface area contributed by atoms with Gasteiger partial charge in [0.05, 0.1) is 23.3 Å².